The molecule has 0 spiro atoms. The molecule has 0 bridgehead atoms. The quantitative estimate of drug-likeness (QED) is 0.670. The number of hydrogen-bond donors (Lipinski definition) is 2. The Morgan fingerprint density at radius 1 is 1.62 bits per heavy atom. The highest BCUT2D eigenvalue weighted by molar-refractivity contribution is 5.77. The van der Waals surface area contributed by atoms with Crippen LogP contribution in [0.4, 0.5) is 0 Å². The van der Waals surface area contributed by atoms with E-state index in [1.165, 1.54) is 0 Å². The molecule has 0 aromatic rings. The molecule has 3 N–H and O–H groups in total. The minimum absolute atomic E-state index is 0.0233. The predicted octanol–water partition coefficient (Wildman–Crippen LogP) is 1.03. The SMILES string of the molecule is CCC(C)CC(=O)NC1(CN)CC1. The van der Waals surface area contributed by atoms with Crippen LogP contribution in [0, 0.1) is 5.92 Å². The van der Waals surface area contributed by atoms with Gasteiger partial charge in [0.05, 0.1) is 5.54 Å². The van der Waals surface area contributed by atoms with Crippen molar-refractivity contribution in [3.63, 3.8) is 0 Å². The van der Waals surface area contributed by atoms with E-state index in [9.17, 15) is 4.79 Å². The predicted molar refractivity (Wildman–Crippen MR) is 53.2 cm³/mol. The monoisotopic (exact) mass is 184 g/mol. The van der Waals surface area contributed by atoms with E-state index in [1.54, 1.807) is 0 Å². The van der Waals surface area contributed by atoms with Gasteiger partial charge in [0, 0.05) is 13.0 Å². The van der Waals surface area contributed by atoms with Gasteiger partial charge in [-0.25, -0.2) is 0 Å². The summed E-state index contributed by atoms with van der Waals surface area (Å²) < 4.78 is 0. The molecule has 1 aliphatic rings. The summed E-state index contributed by atoms with van der Waals surface area (Å²) in [5.74, 6) is 0.644. The zero-order valence-electron chi connectivity index (χ0n) is 8.60. The van der Waals surface area contributed by atoms with Gasteiger partial charge in [-0.1, -0.05) is 20.3 Å². The lowest BCUT2D eigenvalue weighted by Gasteiger charge is -2.16. The first-order valence-electron chi connectivity index (χ1n) is 5.13. The summed E-state index contributed by atoms with van der Waals surface area (Å²) in [7, 11) is 0. The number of rotatable bonds is 5. The van der Waals surface area contributed by atoms with Crippen molar-refractivity contribution in [3.05, 3.63) is 0 Å². The van der Waals surface area contributed by atoms with Gasteiger partial charge in [-0.3, -0.25) is 4.79 Å². The molecule has 76 valence electrons. The van der Waals surface area contributed by atoms with E-state index in [0.29, 0.717) is 18.9 Å². The zero-order valence-corrected chi connectivity index (χ0v) is 8.60. The fraction of sp³-hybridized carbons (Fsp3) is 0.900. The van der Waals surface area contributed by atoms with Crippen molar-refractivity contribution in [2.24, 2.45) is 11.7 Å². The van der Waals surface area contributed by atoms with Crippen LogP contribution < -0.4 is 11.1 Å². The second-order valence-electron chi connectivity index (χ2n) is 4.25. The second-order valence-corrected chi connectivity index (χ2v) is 4.25. The van der Waals surface area contributed by atoms with Crippen LogP contribution >= 0.6 is 0 Å². The molecule has 1 rings (SSSR count). The molecule has 1 saturated carbocycles. The van der Waals surface area contributed by atoms with Crippen LogP contribution in [0.5, 0.6) is 0 Å². The van der Waals surface area contributed by atoms with Crippen molar-refractivity contribution >= 4 is 5.91 Å². The normalized spacial score (nSPS) is 20.8. The summed E-state index contributed by atoms with van der Waals surface area (Å²) in [5.41, 5.74) is 5.54. The average Bonchev–Trinajstić information content (AvgIpc) is 2.85. The molecule has 3 nitrogen and oxygen atoms in total. The van der Waals surface area contributed by atoms with Gasteiger partial charge in [-0.2, -0.15) is 0 Å². The van der Waals surface area contributed by atoms with Crippen LogP contribution in [-0.4, -0.2) is 18.0 Å². The van der Waals surface area contributed by atoms with Crippen molar-refractivity contribution < 1.29 is 4.79 Å². The van der Waals surface area contributed by atoms with Crippen LogP contribution in [0.3, 0.4) is 0 Å². The van der Waals surface area contributed by atoms with Gasteiger partial charge >= 0.3 is 0 Å². The summed E-state index contributed by atoms with van der Waals surface area (Å²) in [6, 6.07) is 0. The van der Waals surface area contributed by atoms with Gasteiger partial charge in [-0.05, 0) is 18.8 Å². The first-order valence-corrected chi connectivity index (χ1v) is 5.13. The first-order chi connectivity index (χ1) is 6.12. The van der Waals surface area contributed by atoms with Crippen molar-refractivity contribution in [1.82, 2.24) is 5.32 Å². The highest BCUT2D eigenvalue weighted by Crippen LogP contribution is 2.34. The lowest BCUT2D eigenvalue weighted by atomic mass is 10.0. The van der Waals surface area contributed by atoms with Gasteiger partial charge in [0.1, 0.15) is 0 Å². The Labute approximate surface area is 80.1 Å². The first kappa shape index (κ1) is 10.5. The van der Waals surface area contributed by atoms with Crippen LogP contribution in [0.2, 0.25) is 0 Å². The number of carbonyl (C=O) groups excluding carboxylic acids is 1. The third kappa shape index (κ3) is 2.99. The Bertz CT molecular complexity index is 187. The lowest BCUT2D eigenvalue weighted by molar-refractivity contribution is -0.122. The summed E-state index contributed by atoms with van der Waals surface area (Å²) in [6.45, 7) is 4.79. The van der Waals surface area contributed by atoms with E-state index in [1.807, 2.05) is 0 Å². The Hall–Kier alpha value is -0.570. The molecule has 13 heavy (non-hydrogen) atoms. The molecule has 0 radical (unpaired) electrons. The molecule has 1 amide bonds. The number of nitrogens with one attached hydrogen (secondary N) is 1. The van der Waals surface area contributed by atoms with Crippen molar-refractivity contribution in [2.75, 3.05) is 6.54 Å². The molecule has 1 fully saturated rings. The maximum absolute atomic E-state index is 11.5. The summed E-state index contributed by atoms with van der Waals surface area (Å²) in [6.07, 6.45) is 3.80. The molecule has 0 heterocycles. The van der Waals surface area contributed by atoms with Crippen LogP contribution in [-0.2, 0) is 4.79 Å². The number of nitrogens with two attached hydrogens (primary N) is 1. The zero-order chi connectivity index (χ0) is 9.90. The number of hydrogen-bond acceptors (Lipinski definition) is 2. The van der Waals surface area contributed by atoms with Gasteiger partial charge in [0.25, 0.3) is 0 Å². The van der Waals surface area contributed by atoms with Gasteiger partial charge in [0.15, 0.2) is 0 Å². The smallest absolute Gasteiger partial charge is 0.220 e. The minimum atomic E-state index is -0.0233. The van der Waals surface area contributed by atoms with E-state index >= 15 is 0 Å². The largest absolute Gasteiger partial charge is 0.349 e. The Morgan fingerprint density at radius 3 is 2.62 bits per heavy atom. The molecule has 0 aliphatic heterocycles. The highest BCUT2D eigenvalue weighted by Gasteiger charge is 2.42. The van der Waals surface area contributed by atoms with Crippen LogP contribution in [0.1, 0.15) is 39.5 Å². The maximum atomic E-state index is 11.5. The maximum Gasteiger partial charge on any atom is 0.220 e. The number of carbonyl (C=O) groups is 1. The third-order valence-electron chi connectivity index (χ3n) is 2.88. The summed E-state index contributed by atoms with van der Waals surface area (Å²) >= 11 is 0. The molecule has 1 aliphatic carbocycles. The minimum Gasteiger partial charge on any atom is -0.349 e. The average molecular weight is 184 g/mol. The van der Waals surface area contributed by atoms with E-state index in [2.05, 4.69) is 19.2 Å². The molecule has 0 aromatic heterocycles. The molecule has 0 aromatic carbocycles. The molecule has 3 heteroatoms. The third-order valence-corrected chi connectivity index (χ3v) is 2.88. The van der Waals surface area contributed by atoms with Gasteiger partial charge in [0.2, 0.25) is 5.91 Å². The fourth-order valence-electron chi connectivity index (χ4n) is 1.34. The number of amides is 1. The summed E-state index contributed by atoms with van der Waals surface area (Å²) in [4.78, 5) is 11.5. The molecule has 1 unspecified atom stereocenters. The molecular formula is C10H20N2O. The van der Waals surface area contributed by atoms with Crippen molar-refractivity contribution in [2.45, 2.75) is 45.1 Å². The highest BCUT2D eigenvalue weighted by atomic mass is 16.1. The molecular weight excluding hydrogens is 164 g/mol. The second kappa shape index (κ2) is 4.09. The van der Waals surface area contributed by atoms with E-state index in [0.717, 1.165) is 19.3 Å². The Kier molecular flexibility index (Phi) is 3.31. The topological polar surface area (TPSA) is 55.1 Å². The van der Waals surface area contributed by atoms with E-state index < -0.39 is 0 Å². The van der Waals surface area contributed by atoms with Crippen LogP contribution in [0.15, 0.2) is 0 Å². The Morgan fingerprint density at radius 2 is 2.23 bits per heavy atom. The standard InChI is InChI=1S/C10H20N2O/c1-3-8(2)6-9(13)12-10(7-11)4-5-10/h8H,3-7,11H2,1-2H3,(H,12,13). The summed E-state index contributed by atoms with van der Waals surface area (Å²) in [5, 5.41) is 3.02. The van der Waals surface area contributed by atoms with Crippen molar-refractivity contribution in [3.8, 4) is 0 Å². The van der Waals surface area contributed by atoms with Gasteiger partial charge in [-0.15, -0.1) is 0 Å². The van der Waals surface area contributed by atoms with E-state index in [4.69, 9.17) is 5.73 Å². The van der Waals surface area contributed by atoms with E-state index in [-0.39, 0.29) is 11.4 Å². The molecule has 0 saturated heterocycles. The van der Waals surface area contributed by atoms with Crippen LogP contribution in [0.25, 0.3) is 0 Å². The fourth-order valence-corrected chi connectivity index (χ4v) is 1.34. The molecule has 1 atom stereocenters. The van der Waals surface area contributed by atoms with Gasteiger partial charge < -0.3 is 11.1 Å². The van der Waals surface area contributed by atoms with Crippen molar-refractivity contribution in [1.29, 1.82) is 0 Å². The Balaban J connectivity index is 2.25. The lowest BCUT2D eigenvalue weighted by Crippen LogP contribution is -2.42.